The van der Waals surface area contributed by atoms with Gasteiger partial charge in [0.05, 0.1) is 22.6 Å². The summed E-state index contributed by atoms with van der Waals surface area (Å²) in [5.74, 6) is 0.678. The lowest BCUT2D eigenvalue weighted by molar-refractivity contribution is 0.0664. The van der Waals surface area contributed by atoms with Gasteiger partial charge in [-0.05, 0) is 24.5 Å². The number of rotatable bonds is 6. The third-order valence-corrected chi connectivity index (χ3v) is 7.29. The predicted octanol–water partition coefficient (Wildman–Crippen LogP) is 1.44. The van der Waals surface area contributed by atoms with Gasteiger partial charge in [0.25, 0.3) is 17.0 Å². The summed E-state index contributed by atoms with van der Waals surface area (Å²) in [6.45, 7) is 0.246. The lowest BCUT2D eigenvalue weighted by Crippen LogP contribution is -2.31. The first kappa shape index (κ1) is 18.2. The molecule has 4 rings (SSSR count). The molecule has 2 aliphatic heterocycles. The molecule has 1 atom stereocenters. The van der Waals surface area contributed by atoms with E-state index in [1.54, 1.807) is 24.3 Å². The van der Waals surface area contributed by atoms with Crippen LogP contribution in [0, 0.1) is 5.92 Å². The monoisotopic (exact) mass is 407 g/mol. The zero-order chi connectivity index (χ0) is 19.0. The van der Waals surface area contributed by atoms with Gasteiger partial charge in [-0.25, -0.2) is 8.42 Å². The van der Waals surface area contributed by atoms with Crippen LogP contribution in [0.25, 0.3) is 0 Å². The summed E-state index contributed by atoms with van der Waals surface area (Å²) in [7, 11) is -2.93. The lowest BCUT2D eigenvalue weighted by atomic mass is 10.1. The maximum atomic E-state index is 12.3. The maximum absolute atomic E-state index is 12.3. The van der Waals surface area contributed by atoms with Crippen LogP contribution >= 0.6 is 11.8 Å². The topological polar surface area (TPSA) is 110 Å². The van der Waals surface area contributed by atoms with Gasteiger partial charge >= 0.3 is 0 Å². The molecular weight excluding hydrogens is 390 g/mol. The Hall–Kier alpha value is -2.20. The molecule has 2 aromatic rings. The van der Waals surface area contributed by atoms with E-state index >= 15 is 0 Å². The standard InChI is InChI=1S/C17H17N3O5S2/c21-15-12-3-1-2-4-13(12)16(22)20(15)6-7-26-17-19-18-14(25-17)9-11-5-8-27(23,24)10-11/h1-4,11H,5-10H2/t11-/m0/s1. The summed E-state index contributed by atoms with van der Waals surface area (Å²) < 4.78 is 28.6. The molecule has 0 aliphatic carbocycles. The summed E-state index contributed by atoms with van der Waals surface area (Å²) in [4.78, 5) is 25.8. The number of thioether (sulfide) groups is 1. The van der Waals surface area contributed by atoms with Gasteiger partial charge in [-0.15, -0.1) is 10.2 Å². The van der Waals surface area contributed by atoms with Crippen LogP contribution in [0.2, 0.25) is 0 Å². The van der Waals surface area contributed by atoms with Crippen molar-refractivity contribution in [1.29, 1.82) is 0 Å². The van der Waals surface area contributed by atoms with Crippen molar-refractivity contribution in [2.45, 2.75) is 18.1 Å². The predicted molar refractivity (Wildman–Crippen MR) is 97.3 cm³/mol. The number of amides is 2. The second-order valence-corrected chi connectivity index (χ2v) is 9.87. The largest absolute Gasteiger partial charge is 0.416 e. The van der Waals surface area contributed by atoms with Crippen molar-refractivity contribution < 1.29 is 22.4 Å². The van der Waals surface area contributed by atoms with Gasteiger partial charge in [0.15, 0.2) is 9.84 Å². The van der Waals surface area contributed by atoms with Crippen molar-refractivity contribution in [3.05, 3.63) is 41.3 Å². The molecule has 1 aromatic carbocycles. The zero-order valence-corrected chi connectivity index (χ0v) is 16.0. The van der Waals surface area contributed by atoms with Crippen LogP contribution in [0.5, 0.6) is 0 Å². The van der Waals surface area contributed by atoms with Crippen molar-refractivity contribution in [1.82, 2.24) is 15.1 Å². The number of carbonyl (C=O) groups excluding carboxylic acids is 2. The Kier molecular flexibility index (Phi) is 4.77. The molecule has 8 nitrogen and oxygen atoms in total. The molecule has 10 heteroatoms. The Morgan fingerprint density at radius 2 is 1.85 bits per heavy atom. The molecule has 2 aliphatic rings. The SMILES string of the molecule is O=C1c2ccccc2C(=O)N1CCSc1nnc(C[C@@H]2CCS(=O)(=O)C2)o1. The van der Waals surface area contributed by atoms with E-state index in [2.05, 4.69) is 10.2 Å². The van der Waals surface area contributed by atoms with Gasteiger partial charge in [-0.1, -0.05) is 23.9 Å². The van der Waals surface area contributed by atoms with Crippen LogP contribution < -0.4 is 0 Å². The molecule has 0 saturated carbocycles. The minimum absolute atomic E-state index is 0.0200. The van der Waals surface area contributed by atoms with E-state index in [1.165, 1.54) is 16.7 Å². The number of fused-ring (bicyclic) bond motifs is 1. The summed E-state index contributed by atoms with van der Waals surface area (Å²) in [6, 6.07) is 6.77. The van der Waals surface area contributed by atoms with Crippen LogP contribution in [-0.2, 0) is 16.3 Å². The number of nitrogens with zero attached hydrogens (tertiary/aromatic N) is 3. The number of carbonyl (C=O) groups is 2. The third-order valence-electron chi connectivity index (χ3n) is 4.66. The van der Waals surface area contributed by atoms with Crippen LogP contribution in [0.4, 0.5) is 0 Å². The van der Waals surface area contributed by atoms with Crippen LogP contribution in [-0.4, -0.2) is 59.1 Å². The van der Waals surface area contributed by atoms with Crippen molar-refractivity contribution in [3.63, 3.8) is 0 Å². The number of aromatic nitrogens is 2. The number of hydrogen-bond acceptors (Lipinski definition) is 8. The van der Waals surface area contributed by atoms with Crippen molar-refractivity contribution in [3.8, 4) is 0 Å². The molecule has 0 radical (unpaired) electrons. The average molecular weight is 407 g/mol. The molecule has 1 fully saturated rings. The minimum atomic E-state index is -2.93. The molecule has 1 saturated heterocycles. The minimum Gasteiger partial charge on any atom is -0.416 e. The van der Waals surface area contributed by atoms with Crippen molar-refractivity contribution in [2.75, 3.05) is 23.8 Å². The highest BCUT2D eigenvalue weighted by Crippen LogP contribution is 2.25. The van der Waals surface area contributed by atoms with Crippen LogP contribution in [0.1, 0.15) is 33.0 Å². The maximum Gasteiger partial charge on any atom is 0.276 e. The van der Waals surface area contributed by atoms with Crippen LogP contribution in [0.3, 0.4) is 0 Å². The smallest absolute Gasteiger partial charge is 0.276 e. The Bertz CT molecular complexity index is 967. The Balaban J connectivity index is 1.30. The first-order chi connectivity index (χ1) is 12.9. The molecule has 0 unspecified atom stereocenters. The molecule has 0 spiro atoms. The first-order valence-corrected chi connectivity index (χ1v) is 11.3. The van der Waals surface area contributed by atoms with Crippen molar-refractivity contribution >= 4 is 33.4 Å². The van der Waals surface area contributed by atoms with E-state index in [0.29, 0.717) is 40.8 Å². The highest BCUT2D eigenvalue weighted by atomic mass is 32.2. The quantitative estimate of drug-likeness (QED) is 0.522. The Morgan fingerprint density at radius 3 is 2.48 bits per heavy atom. The first-order valence-electron chi connectivity index (χ1n) is 8.54. The highest BCUT2D eigenvalue weighted by Gasteiger charge is 2.34. The highest BCUT2D eigenvalue weighted by molar-refractivity contribution is 7.99. The van der Waals surface area contributed by atoms with E-state index < -0.39 is 9.84 Å². The van der Waals surface area contributed by atoms with Gasteiger partial charge in [0.1, 0.15) is 0 Å². The summed E-state index contributed by atoms with van der Waals surface area (Å²) in [5, 5.41) is 8.25. The normalized spacial score (nSPS) is 21.0. The molecule has 1 aromatic heterocycles. The second-order valence-electron chi connectivity index (χ2n) is 6.59. The van der Waals surface area contributed by atoms with Gasteiger partial charge in [0.2, 0.25) is 5.89 Å². The number of benzene rings is 1. The van der Waals surface area contributed by atoms with E-state index in [9.17, 15) is 18.0 Å². The third kappa shape index (κ3) is 3.77. The molecule has 2 amide bonds. The lowest BCUT2D eigenvalue weighted by Gasteiger charge is -2.12. The van der Waals surface area contributed by atoms with E-state index in [-0.39, 0.29) is 35.8 Å². The second kappa shape index (κ2) is 7.08. The van der Waals surface area contributed by atoms with Crippen LogP contribution in [0.15, 0.2) is 33.9 Å². The molecule has 0 bridgehead atoms. The Labute approximate surface area is 160 Å². The summed E-state index contributed by atoms with van der Waals surface area (Å²) in [5.41, 5.74) is 0.859. The van der Waals surface area contributed by atoms with Gasteiger partial charge in [-0.3, -0.25) is 14.5 Å². The van der Waals surface area contributed by atoms with Gasteiger partial charge in [-0.2, -0.15) is 0 Å². The molecule has 3 heterocycles. The van der Waals surface area contributed by atoms with E-state index in [1.807, 2.05) is 0 Å². The molecule has 0 N–H and O–H groups in total. The average Bonchev–Trinajstić information content (AvgIpc) is 3.29. The molecule has 27 heavy (non-hydrogen) atoms. The fraction of sp³-hybridized carbons (Fsp3) is 0.412. The molecule has 142 valence electrons. The summed E-state index contributed by atoms with van der Waals surface area (Å²) >= 11 is 1.26. The van der Waals surface area contributed by atoms with Gasteiger partial charge < -0.3 is 4.42 Å². The fourth-order valence-corrected chi connectivity index (χ4v) is 5.89. The van der Waals surface area contributed by atoms with Crippen molar-refractivity contribution in [2.24, 2.45) is 5.92 Å². The van der Waals surface area contributed by atoms with Gasteiger partial charge in [0, 0.05) is 18.7 Å². The Morgan fingerprint density at radius 1 is 1.15 bits per heavy atom. The zero-order valence-electron chi connectivity index (χ0n) is 14.3. The summed E-state index contributed by atoms with van der Waals surface area (Å²) in [6.07, 6.45) is 1.07. The van der Waals surface area contributed by atoms with E-state index in [4.69, 9.17) is 4.42 Å². The fourth-order valence-electron chi connectivity index (χ4n) is 3.33. The number of imide groups is 1. The molecular formula is C17H17N3O5S2. The van der Waals surface area contributed by atoms with E-state index in [0.717, 1.165) is 0 Å². The number of sulfone groups is 1. The number of hydrogen-bond donors (Lipinski definition) is 0.